The van der Waals surface area contributed by atoms with Crippen molar-refractivity contribution in [1.29, 1.82) is 0 Å². The number of unbranched alkanes of at least 4 members (excludes halogenated alkanes) is 2. The normalized spacial score (nSPS) is 12.3. The van der Waals surface area contributed by atoms with Gasteiger partial charge in [0, 0.05) is 24.0 Å². The molecule has 0 spiro atoms. The Morgan fingerprint density at radius 3 is 1.57 bits per heavy atom. The number of benzene rings is 2. The molecule has 5 rings (SSSR count). The highest BCUT2D eigenvalue weighted by atomic mass is 16.5. The minimum absolute atomic E-state index is 0.177. The second-order valence-corrected chi connectivity index (χ2v) is 10.9. The van der Waals surface area contributed by atoms with Gasteiger partial charge in [0.05, 0.1) is 50.5 Å². The van der Waals surface area contributed by atoms with E-state index >= 15 is 0 Å². The van der Waals surface area contributed by atoms with Crippen LogP contribution in [0.2, 0.25) is 0 Å². The molecule has 0 unspecified atom stereocenters. The van der Waals surface area contributed by atoms with Crippen molar-refractivity contribution in [1.82, 2.24) is 9.13 Å². The maximum Gasteiger partial charge on any atom is 0.243 e. The van der Waals surface area contributed by atoms with Crippen LogP contribution in [-0.2, 0) is 26.2 Å². The van der Waals surface area contributed by atoms with Gasteiger partial charge in [-0.3, -0.25) is 9.59 Å². The van der Waals surface area contributed by atoms with E-state index in [2.05, 4.69) is 69.6 Å². The van der Waals surface area contributed by atoms with Crippen LogP contribution in [0.3, 0.4) is 0 Å². The van der Waals surface area contributed by atoms with Crippen LogP contribution in [0.15, 0.2) is 73.8 Å². The summed E-state index contributed by atoms with van der Waals surface area (Å²) in [6.07, 6.45) is 18.8. The summed E-state index contributed by atoms with van der Waals surface area (Å²) in [6, 6.07) is 10.5. The molecule has 8 nitrogen and oxygen atoms in total. The molecule has 2 heterocycles. The van der Waals surface area contributed by atoms with Gasteiger partial charge in [0.2, 0.25) is 18.4 Å². The molecule has 4 aromatic rings. The van der Waals surface area contributed by atoms with E-state index in [0.717, 1.165) is 51.9 Å². The number of fused-ring (bicyclic) bond motifs is 2. The van der Waals surface area contributed by atoms with E-state index in [1.54, 1.807) is 36.4 Å². The highest BCUT2D eigenvalue weighted by molar-refractivity contribution is 6.30. The molecule has 1 aliphatic rings. The van der Waals surface area contributed by atoms with Crippen molar-refractivity contribution in [2.75, 3.05) is 13.2 Å². The number of carbonyl (C=O) groups is 2. The second-order valence-electron chi connectivity index (χ2n) is 10.9. The highest BCUT2D eigenvalue weighted by Gasteiger charge is 2.34. The van der Waals surface area contributed by atoms with E-state index < -0.39 is 0 Å². The number of hydrogen-bond acceptors (Lipinski definition) is 4. The maximum atomic E-state index is 13.9. The van der Waals surface area contributed by atoms with E-state index in [9.17, 15) is 9.59 Å². The molecular weight excluding hydrogens is 528 g/mol. The highest BCUT2D eigenvalue weighted by Crippen LogP contribution is 2.37. The van der Waals surface area contributed by atoms with Gasteiger partial charge in [0.15, 0.2) is 5.78 Å². The molecular formula is C34H42N4O4+2. The predicted octanol–water partition coefficient (Wildman–Crippen LogP) is 5.18. The lowest BCUT2D eigenvalue weighted by molar-refractivity contribution is -0.697. The van der Waals surface area contributed by atoms with Crippen molar-refractivity contribution in [2.24, 2.45) is 0 Å². The number of aryl methyl sites for hydroxylation is 4. The van der Waals surface area contributed by atoms with Gasteiger partial charge < -0.3 is 9.47 Å². The quantitative estimate of drug-likeness (QED) is 0.121. The summed E-state index contributed by atoms with van der Waals surface area (Å²) in [4.78, 5) is 27.3. The average Bonchev–Trinajstić information content (AvgIpc) is 3.67. The first-order valence-corrected chi connectivity index (χ1v) is 15.3. The lowest BCUT2D eigenvalue weighted by Crippen LogP contribution is -2.32. The standard InChI is InChI=1S/C34H42N4O4/c1-3-5-15-35-19-21-37(25-35)17-9-23-41-29-13-7-11-27-31(29)34(40)32-28(33(27)39)12-8-14-30(32)42-24-10-18-38-22-20-36(26-38)16-6-4-2/h7-8,11-14,19-22,25-26H,3-6,9-10,15-18,23-24H2,1-2H3/q+2. The fourth-order valence-electron chi connectivity index (χ4n) is 5.37. The number of aromatic nitrogens is 4. The summed E-state index contributed by atoms with van der Waals surface area (Å²) in [5, 5.41) is 0. The molecule has 0 amide bonds. The van der Waals surface area contributed by atoms with Crippen LogP contribution in [0.25, 0.3) is 0 Å². The van der Waals surface area contributed by atoms with Crippen molar-refractivity contribution in [3.8, 4) is 11.5 Å². The zero-order chi connectivity index (χ0) is 29.3. The smallest absolute Gasteiger partial charge is 0.243 e. The molecule has 0 saturated carbocycles. The van der Waals surface area contributed by atoms with E-state index in [4.69, 9.17) is 9.47 Å². The molecule has 220 valence electrons. The summed E-state index contributed by atoms with van der Waals surface area (Å²) >= 11 is 0. The van der Waals surface area contributed by atoms with E-state index in [1.165, 1.54) is 12.8 Å². The largest absolute Gasteiger partial charge is 0.493 e. The second kappa shape index (κ2) is 14.1. The van der Waals surface area contributed by atoms with Crippen LogP contribution in [0, 0.1) is 0 Å². The Labute approximate surface area is 248 Å². The summed E-state index contributed by atoms with van der Waals surface area (Å²) in [5.41, 5.74) is 1.42. The summed E-state index contributed by atoms with van der Waals surface area (Å²) < 4.78 is 20.9. The molecule has 0 saturated heterocycles. The first-order valence-electron chi connectivity index (χ1n) is 15.3. The minimum atomic E-state index is -0.226. The molecule has 2 aromatic heterocycles. The number of ketones is 2. The molecule has 0 aliphatic heterocycles. The third kappa shape index (κ3) is 6.81. The Balaban J connectivity index is 1.21. The lowest BCUT2D eigenvalue weighted by Gasteiger charge is -2.22. The summed E-state index contributed by atoms with van der Waals surface area (Å²) in [6.45, 7) is 8.92. The zero-order valence-corrected chi connectivity index (χ0v) is 24.8. The zero-order valence-electron chi connectivity index (χ0n) is 24.8. The van der Waals surface area contributed by atoms with Crippen molar-refractivity contribution in [2.45, 2.75) is 78.6 Å². The fraction of sp³-hybridized carbons (Fsp3) is 0.412. The Hall–Kier alpha value is -4.20. The number of hydrogen-bond donors (Lipinski definition) is 0. The van der Waals surface area contributed by atoms with Crippen LogP contribution in [0.5, 0.6) is 11.5 Å². The number of ether oxygens (including phenoxy) is 2. The number of carbonyl (C=O) groups excluding carboxylic acids is 2. The van der Waals surface area contributed by atoms with Crippen molar-refractivity contribution >= 4 is 11.6 Å². The summed E-state index contributed by atoms with van der Waals surface area (Å²) in [5.74, 6) is 0.487. The van der Waals surface area contributed by atoms with Crippen LogP contribution in [0.4, 0.5) is 0 Å². The Kier molecular flexibility index (Phi) is 9.85. The van der Waals surface area contributed by atoms with Gasteiger partial charge in [-0.15, -0.1) is 0 Å². The molecule has 0 bridgehead atoms. The molecule has 42 heavy (non-hydrogen) atoms. The molecule has 1 aliphatic carbocycles. The maximum absolute atomic E-state index is 13.9. The van der Waals surface area contributed by atoms with Gasteiger partial charge in [-0.25, -0.2) is 18.3 Å². The van der Waals surface area contributed by atoms with Crippen molar-refractivity contribution in [3.05, 3.63) is 96.1 Å². The van der Waals surface area contributed by atoms with Gasteiger partial charge in [-0.2, -0.15) is 0 Å². The van der Waals surface area contributed by atoms with E-state index in [-0.39, 0.29) is 11.6 Å². The van der Waals surface area contributed by atoms with Gasteiger partial charge in [-0.1, -0.05) is 51.0 Å². The van der Waals surface area contributed by atoms with Crippen LogP contribution in [-0.4, -0.2) is 33.9 Å². The predicted molar refractivity (Wildman–Crippen MR) is 159 cm³/mol. The minimum Gasteiger partial charge on any atom is -0.493 e. The van der Waals surface area contributed by atoms with E-state index in [1.807, 2.05) is 0 Å². The monoisotopic (exact) mass is 570 g/mol. The van der Waals surface area contributed by atoms with Crippen molar-refractivity contribution < 1.29 is 28.2 Å². The van der Waals surface area contributed by atoms with Gasteiger partial charge in [-0.05, 0) is 25.0 Å². The van der Waals surface area contributed by atoms with Crippen LogP contribution in [0.1, 0.15) is 84.2 Å². The number of rotatable bonds is 16. The Morgan fingerprint density at radius 1 is 0.643 bits per heavy atom. The Bertz CT molecular complexity index is 1410. The van der Waals surface area contributed by atoms with Gasteiger partial charge >= 0.3 is 0 Å². The summed E-state index contributed by atoms with van der Waals surface area (Å²) in [7, 11) is 0. The SMILES string of the molecule is CCCCn1cc[n+](CCCOc2cccc3c2C(=O)c2c(OCCC[n+]4ccn(CCCC)c4)cccc2C3=O)c1. The topological polar surface area (TPSA) is 70.2 Å². The van der Waals surface area contributed by atoms with Gasteiger partial charge in [0.25, 0.3) is 0 Å². The number of nitrogens with zero attached hydrogens (tertiary/aromatic N) is 4. The molecule has 0 atom stereocenters. The van der Waals surface area contributed by atoms with Gasteiger partial charge in [0.1, 0.15) is 36.3 Å². The number of imidazole rings is 2. The van der Waals surface area contributed by atoms with Crippen LogP contribution >= 0.6 is 0 Å². The Morgan fingerprint density at radius 2 is 1.12 bits per heavy atom. The van der Waals surface area contributed by atoms with Crippen LogP contribution < -0.4 is 18.6 Å². The molecule has 0 radical (unpaired) electrons. The molecule has 0 fully saturated rings. The average molecular weight is 571 g/mol. The third-order valence-corrected chi connectivity index (χ3v) is 7.66. The fourth-order valence-corrected chi connectivity index (χ4v) is 5.37. The molecule has 0 N–H and O–H groups in total. The lowest BCUT2D eigenvalue weighted by atomic mass is 9.83. The molecule has 2 aromatic carbocycles. The molecule has 8 heteroatoms. The van der Waals surface area contributed by atoms with Crippen molar-refractivity contribution in [3.63, 3.8) is 0 Å². The van der Waals surface area contributed by atoms with E-state index in [0.29, 0.717) is 47.0 Å². The first kappa shape index (κ1) is 29.3. The first-order chi connectivity index (χ1) is 20.6. The third-order valence-electron chi connectivity index (χ3n) is 7.66.